The van der Waals surface area contributed by atoms with Gasteiger partial charge in [0, 0.05) is 10.9 Å². The van der Waals surface area contributed by atoms with Crippen LogP contribution in [0.4, 0.5) is 5.69 Å². The number of benzene rings is 2. The van der Waals surface area contributed by atoms with Crippen molar-refractivity contribution >= 4 is 22.4 Å². The Morgan fingerprint density at radius 3 is 2.68 bits per heavy atom. The van der Waals surface area contributed by atoms with E-state index in [1.165, 1.54) is 0 Å². The summed E-state index contributed by atoms with van der Waals surface area (Å²) in [6.07, 6.45) is 1.77. The molecule has 0 aromatic heterocycles. The van der Waals surface area contributed by atoms with Gasteiger partial charge in [-0.3, -0.25) is 4.79 Å². The number of β-amino-alcohol motifs (C(OH)–C–C–N with tert-alkyl or cyclic N) is 1. The van der Waals surface area contributed by atoms with Crippen LogP contribution in [0.3, 0.4) is 0 Å². The van der Waals surface area contributed by atoms with Crippen molar-refractivity contribution in [2.75, 3.05) is 11.4 Å². The maximum absolute atomic E-state index is 12.5. The molecule has 1 aliphatic heterocycles. The van der Waals surface area contributed by atoms with Gasteiger partial charge < -0.3 is 10.0 Å². The Kier molecular flexibility index (Phi) is 2.21. The van der Waals surface area contributed by atoms with E-state index in [0.717, 1.165) is 34.9 Å². The minimum absolute atomic E-state index is 0.0199. The molecule has 3 heteroatoms. The molecule has 0 saturated heterocycles. The SMILES string of the molecule is O=C1c2cccc3cccc(c23)N1CC(O)C1CC1. The summed E-state index contributed by atoms with van der Waals surface area (Å²) < 4.78 is 0. The zero-order valence-corrected chi connectivity index (χ0v) is 10.5. The zero-order valence-electron chi connectivity index (χ0n) is 10.5. The van der Waals surface area contributed by atoms with E-state index in [4.69, 9.17) is 0 Å². The van der Waals surface area contributed by atoms with E-state index < -0.39 is 6.10 Å². The van der Waals surface area contributed by atoms with E-state index in [-0.39, 0.29) is 5.91 Å². The van der Waals surface area contributed by atoms with Crippen molar-refractivity contribution < 1.29 is 9.90 Å². The average molecular weight is 253 g/mol. The third-order valence-corrected chi connectivity index (χ3v) is 4.18. The lowest BCUT2D eigenvalue weighted by Gasteiger charge is -2.21. The Morgan fingerprint density at radius 2 is 1.95 bits per heavy atom. The lowest BCUT2D eigenvalue weighted by molar-refractivity contribution is 0.0959. The first-order valence-corrected chi connectivity index (χ1v) is 6.77. The molecule has 2 aliphatic rings. The van der Waals surface area contributed by atoms with Gasteiger partial charge in [-0.1, -0.05) is 24.3 Å². The van der Waals surface area contributed by atoms with Crippen LogP contribution in [0.15, 0.2) is 36.4 Å². The second-order valence-electron chi connectivity index (χ2n) is 5.50. The Hall–Kier alpha value is -1.87. The lowest BCUT2D eigenvalue weighted by Crippen LogP contribution is -2.35. The van der Waals surface area contributed by atoms with Gasteiger partial charge in [0.1, 0.15) is 0 Å². The summed E-state index contributed by atoms with van der Waals surface area (Å²) in [4.78, 5) is 14.2. The third-order valence-electron chi connectivity index (χ3n) is 4.18. The van der Waals surface area contributed by atoms with Gasteiger partial charge in [0.2, 0.25) is 0 Å². The van der Waals surface area contributed by atoms with Crippen molar-refractivity contribution in [3.8, 4) is 0 Å². The normalized spacial score (nSPS) is 19.2. The number of aliphatic hydroxyl groups excluding tert-OH is 1. The number of carbonyl (C=O) groups is 1. The smallest absolute Gasteiger partial charge is 0.259 e. The van der Waals surface area contributed by atoms with Gasteiger partial charge in [-0.15, -0.1) is 0 Å². The van der Waals surface area contributed by atoms with Gasteiger partial charge in [-0.2, -0.15) is 0 Å². The molecule has 4 rings (SSSR count). The van der Waals surface area contributed by atoms with Gasteiger partial charge in [0.25, 0.3) is 5.91 Å². The van der Waals surface area contributed by atoms with Crippen LogP contribution in [0.2, 0.25) is 0 Å². The van der Waals surface area contributed by atoms with Gasteiger partial charge >= 0.3 is 0 Å². The minimum atomic E-state index is -0.395. The molecule has 1 atom stereocenters. The molecule has 19 heavy (non-hydrogen) atoms. The third kappa shape index (κ3) is 1.58. The largest absolute Gasteiger partial charge is 0.391 e. The molecule has 1 fully saturated rings. The highest BCUT2D eigenvalue weighted by Crippen LogP contribution is 2.39. The molecule has 1 unspecified atom stereocenters. The number of amides is 1. The second-order valence-corrected chi connectivity index (χ2v) is 5.50. The van der Waals surface area contributed by atoms with Gasteiger partial charge in [0.05, 0.1) is 18.3 Å². The van der Waals surface area contributed by atoms with Crippen molar-refractivity contribution in [1.29, 1.82) is 0 Å². The fourth-order valence-corrected chi connectivity index (χ4v) is 2.98. The fourth-order valence-electron chi connectivity index (χ4n) is 2.98. The molecule has 2 aromatic rings. The first-order chi connectivity index (χ1) is 9.25. The number of rotatable bonds is 3. The van der Waals surface area contributed by atoms with Crippen LogP contribution in [0.5, 0.6) is 0 Å². The van der Waals surface area contributed by atoms with Gasteiger partial charge in [-0.05, 0) is 36.3 Å². The summed E-state index contributed by atoms with van der Waals surface area (Å²) in [6, 6.07) is 11.8. The number of hydrogen-bond donors (Lipinski definition) is 1. The second kappa shape index (κ2) is 3.81. The molecule has 1 amide bonds. The molecule has 2 aromatic carbocycles. The van der Waals surface area contributed by atoms with E-state index in [2.05, 4.69) is 0 Å². The van der Waals surface area contributed by atoms with Gasteiger partial charge in [0.15, 0.2) is 0 Å². The maximum atomic E-state index is 12.5. The van der Waals surface area contributed by atoms with Gasteiger partial charge in [-0.25, -0.2) is 0 Å². The van der Waals surface area contributed by atoms with E-state index in [1.54, 1.807) is 4.90 Å². The summed E-state index contributed by atoms with van der Waals surface area (Å²) in [5, 5.41) is 12.2. The Bertz CT molecular complexity index is 670. The van der Waals surface area contributed by atoms with Crippen LogP contribution in [0.1, 0.15) is 23.2 Å². The van der Waals surface area contributed by atoms with Crippen LogP contribution in [0.25, 0.3) is 10.8 Å². The minimum Gasteiger partial charge on any atom is -0.391 e. The van der Waals surface area contributed by atoms with E-state index in [1.807, 2.05) is 36.4 Å². The van der Waals surface area contributed by atoms with Crippen molar-refractivity contribution in [2.24, 2.45) is 5.92 Å². The molecule has 1 saturated carbocycles. The Balaban J connectivity index is 1.79. The van der Waals surface area contributed by atoms with E-state index in [9.17, 15) is 9.90 Å². The Morgan fingerprint density at radius 1 is 1.21 bits per heavy atom. The van der Waals surface area contributed by atoms with E-state index >= 15 is 0 Å². The first kappa shape index (κ1) is 11.0. The number of anilines is 1. The van der Waals surface area contributed by atoms with Crippen molar-refractivity contribution in [1.82, 2.24) is 0 Å². The molecule has 1 N–H and O–H groups in total. The molecule has 0 bridgehead atoms. The highest BCUT2D eigenvalue weighted by Gasteiger charge is 2.36. The van der Waals surface area contributed by atoms with Crippen LogP contribution >= 0.6 is 0 Å². The molecular weight excluding hydrogens is 238 g/mol. The van der Waals surface area contributed by atoms with Crippen molar-refractivity contribution in [3.63, 3.8) is 0 Å². The maximum Gasteiger partial charge on any atom is 0.259 e. The quantitative estimate of drug-likeness (QED) is 0.913. The van der Waals surface area contributed by atoms with Crippen LogP contribution in [-0.4, -0.2) is 23.7 Å². The molecule has 0 spiro atoms. The standard InChI is InChI=1S/C16H15NO2/c18-14(10-7-8-10)9-17-13-6-2-4-11-3-1-5-12(15(11)13)16(17)19/h1-6,10,14,18H,7-9H2. The van der Waals surface area contributed by atoms with Crippen LogP contribution in [0, 0.1) is 5.92 Å². The fraction of sp³-hybridized carbons (Fsp3) is 0.312. The monoisotopic (exact) mass is 253 g/mol. The predicted molar refractivity (Wildman–Crippen MR) is 74.4 cm³/mol. The highest BCUT2D eigenvalue weighted by molar-refractivity contribution is 6.25. The number of aliphatic hydroxyl groups is 1. The number of nitrogens with zero attached hydrogens (tertiary/aromatic N) is 1. The zero-order chi connectivity index (χ0) is 13.0. The summed E-state index contributed by atoms with van der Waals surface area (Å²) in [5.41, 5.74) is 1.70. The van der Waals surface area contributed by atoms with Crippen molar-refractivity contribution in [3.05, 3.63) is 42.0 Å². The van der Waals surface area contributed by atoms with E-state index in [0.29, 0.717) is 12.5 Å². The number of carbonyl (C=O) groups excluding carboxylic acids is 1. The Labute approximate surface area is 111 Å². The molecule has 0 radical (unpaired) electrons. The predicted octanol–water partition coefficient (Wildman–Crippen LogP) is 2.57. The lowest BCUT2D eigenvalue weighted by atomic mass is 10.1. The topological polar surface area (TPSA) is 40.5 Å². The van der Waals surface area contributed by atoms with Crippen LogP contribution < -0.4 is 4.90 Å². The molecule has 3 nitrogen and oxygen atoms in total. The summed E-state index contributed by atoms with van der Waals surface area (Å²) in [7, 11) is 0. The summed E-state index contributed by atoms with van der Waals surface area (Å²) in [5.74, 6) is 0.405. The first-order valence-electron chi connectivity index (χ1n) is 6.77. The molecule has 1 heterocycles. The average Bonchev–Trinajstić information content (AvgIpc) is 3.24. The number of hydrogen-bond acceptors (Lipinski definition) is 2. The molecule has 1 aliphatic carbocycles. The van der Waals surface area contributed by atoms with Crippen LogP contribution in [-0.2, 0) is 0 Å². The summed E-state index contributed by atoms with van der Waals surface area (Å²) in [6.45, 7) is 0.414. The molecule has 96 valence electrons. The highest BCUT2D eigenvalue weighted by atomic mass is 16.3. The van der Waals surface area contributed by atoms with Crippen molar-refractivity contribution in [2.45, 2.75) is 18.9 Å². The summed E-state index contributed by atoms with van der Waals surface area (Å²) >= 11 is 0. The molecular formula is C16H15NO2.